The molecule has 0 aromatic heterocycles. The van der Waals surface area contributed by atoms with Crippen LogP contribution in [0.15, 0.2) is 62.4 Å². The summed E-state index contributed by atoms with van der Waals surface area (Å²) in [4.78, 5) is 11.1. The Labute approximate surface area is 92.1 Å². The zero-order chi connectivity index (χ0) is 10.1. The van der Waals surface area contributed by atoms with Gasteiger partial charge in [-0.3, -0.25) is 4.99 Å². The third-order valence-electron chi connectivity index (χ3n) is 2.20. The van der Waals surface area contributed by atoms with Crippen LogP contribution in [-0.2, 0) is 0 Å². The van der Waals surface area contributed by atoms with Crippen molar-refractivity contribution in [3.63, 3.8) is 0 Å². The SMILES string of the molecule is C1=CN=CC2=Nc3ccccc3SC2=C1. The maximum absolute atomic E-state index is 4.57. The summed E-state index contributed by atoms with van der Waals surface area (Å²) >= 11 is 1.74. The predicted molar refractivity (Wildman–Crippen MR) is 65.1 cm³/mol. The van der Waals surface area contributed by atoms with Crippen molar-refractivity contribution in [2.24, 2.45) is 9.98 Å². The molecular formula is C12H8N2S. The number of allylic oxidation sites excluding steroid dienone is 3. The van der Waals surface area contributed by atoms with Crippen LogP contribution in [0, 0.1) is 0 Å². The average Bonchev–Trinajstić information content (AvgIpc) is 2.50. The molecule has 2 aliphatic rings. The van der Waals surface area contributed by atoms with E-state index in [0.29, 0.717) is 0 Å². The van der Waals surface area contributed by atoms with Gasteiger partial charge in [0.1, 0.15) is 0 Å². The number of nitrogens with zero attached hydrogens (tertiary/aromatic N) is 2. The second-order valence-electron chi connectivity index (χ2n) is 3.22. The molecule has 3 heteroatoms. The van der Waals surface area contributed by atoms with Gasteiger partial charge in [0.25, 0.3) is 0 Å². The Morgan fingerprint density at radius 1 is 1.13 bits per heavy atom. The normalized spacial score (nSPS) is 17.3. The van der Waals surface area contributed by atoms with Crippen molar-refractivity contribution < 1.29 is 0 Å². The lowest BCUT2D eigenvalue weighted by Gasteiger charge is -2.14. The molecule has 15 heavy (non-hydrogen) atoms. The summed E-state index contributed by atoms with van der Waals surface area (Å²) in [5, 5.41) is 0. The van der Waals surface area contributed by atoms with Crippen LogP contribution in [0.25, 0.3) is 0 Å². The Morgan fingerprint density at radius 2 is 2.07 bits per heavy atom. The van der Waals surface area contributed by atoms with Crippen LogP contribution in [-0.4, -0.2) is 11.9 Å². The van der Waals surface area contributed by atoms with E-state index in [0.717, 1.165) is 16.3 Å². The number of para-hydroxylation sites is 1. The second-order valence-corrected chi connectivity index (χ2v) is 4.30. The Hall–Kier alpha value is -1.61. The molecule has 0 atom stereocenters. The van der Waals surface area contributed by atoms with E-state index in [4.69, 9.17) is 0 Å². The van der Waals surface area contributed by atoms with Crippen LogP contribution in [0.5, 0.6) is 0 Å². The number of hydrogen-bond acceptors (Lipinski definition) is 3. The van der Waals surface area contributed by atoms with Crippen molar-refractivity contribution in [2.75, 3.05) is 0 Å². The fraction of sp³-hybridized carbons (Fsp3) is 0. The fourth-order valence-corrected chi connectivity index (χ4v) is 2.45. The van der Waals surface area contributed by atoms with Crippen LogP contribution in [0.1, 0.15) is 0 Å². The van der Waals surface area contributed by atoms with E-state index in [1.165, 1.54) is 4.90 Å². The van der Waals surface area contributed by atoms with Crippen LogP contribution in [0.4, 0.5) is 5.69 Å². The maximum Gasteiger partial charge on any atom is 0.0959 e. The highest BCUT2D eigenvalue weighted by atomic mass is 32.2. The molecule has 0 fully saturated rings. The molecular weight excluding hydrogens is 204 g/mol. The smallest absolute Gasteiger partial charge is 0.0959 e. The minimum absolute atomic E-state index is 0.948. The Kier molecular flexibility index (Phi) is 2.03. The standard InChI is InChI=1S/C12H8N2S/c1-2-5-11-9(4-1)14-10-8-13-7-3-6-12(10)15-11/h1-8H. The first kappa shape index (κ1) is 8.68. The van der Waals surface area contributed by atoms with Crippen LogP contribution in [0.3, 0.4) is 0 Å². The second kappa shape index (κ2) is 3.51. The molecule has 3 rings (SSSR count). The van der Waals surface area contributed by atoms with Gasteiger partial charge >= 0.3 is 0 Å². The van der Waals surface area contributed by atoms with E-state index in [2.05, 4.69) is 16.1 Å². The van der Waals surface area contributed by atoms with Gasteiger partial charge in [-0.25, -0.2) is 4.99 Å². The zero-order valence-electron chi connectivity index (χ0n) is 7.92. The number of benzene rings is 1. The van der Waals surface area contributed by atoms with Crippen LogP contribution in [0.2, 0.25) is 0 Å². The average molecular weight is 212 g/mol. The molecule has 1 aromatic carbocycles. The van der Waals surface area contributed by atoms with Crippen molar-refractivity contribution in [1.29, 1.82) is 0 Å². The summed E-state index contributed by atoms with van der Waals surface area (Å²) in [5.41, 5.74) is 1.98. The monoisotopic (exact) mass is 212 g/mol. The first-order chi connectivity index (χ1) is 7.43. The number of aliphatic imine (C=N–C) groups is 2. The van der Waals surface area contributed by atoms with Crippen LogP contribution < -0.4 is 0 Å². The number of thioether (sulfide) groups is 1. The van der Waals surface area contributed by atoms with E-state index in [1.807, 2.05) is 30.4 Å². The molecule has 0 radical (unpaired) electrons. The van der Waals surface area contributed by atoms with E-state index >= 15 is 0 Å². The molecule has 0 saturated heterocycles. The summed E-state index contributed by atoms with van der Waals surface area (Å²) < 4.78 is 0. The van der Waals surface area contributed by atoms with Crippen molar-refractivity contribution in [2.45, 2.75) is 4.90 Å². The van der Waals surface area contributed by atoms with Gasteiger partial charge in [0, 0.05) is 16.0 Å². The largest absolute Gasteiger partial charge is 0.262 e. The molecule has 0 bridgehead atoms. The molecule has 0 N–H and O–H groups in total. The molecule has 2 nitrogen and oxygen atoms in total. The number of hydrogen-bond donors (Lipinski definition) is 0. The Bertz CT molecular complexity index is 524. The third kappa shape index (κ3) is 1.55. The highest BCUT2D eigenvalue weighted by molar-refractivity contribution is 8.04. The first-order valence-corrected chi connectivity index (χ1v) is 5.51. The topological polar surface area (TPSA) is 24.7 Å². The summed E-state index contributed by atoms with van der Waals surface area (Å²) in [5.74, 6) is 0. The van der Waals surface area contributed by atoms with Gasteiger partial charge in [-0.05, 0) is 24.3 Å². The molecule has 0 amide bonds. The molecule has 72 valence electrons. The van der Waals surface area contributed by atoms with Crippen molar-refractivity contribution >= 4 is 29.4 Å². The lowest BCUT2D eigenvalue weighted by Crippen LogP contribution is -2.04. The molecule has 0 aliphatic carbocycles. The zero-order valence-corrected chi connectivity index (χ0v) is 8.74. The summed E-state index contributed by atoms with van der Waals surface area (Å²) in [7, 11) is 0. The molecule has 0 saturated carbocycles. The molecule has 1 aromatic rings. The van der Waals surface area contributed by atoms with Gasteiger partial charge in [0.05, 0.1) is 17.6 Å². The highest BCUT2D eigenvalue weighted by Gasteiger charge is 2.16. The minimum Gasteiger partial charge on any atom is -0.262 e. The van der Waals surface area contributed by atoms with Crippen molar-refractivity contribution in [3.05, 3.63) is 47.5 Å². The fourth-order valence-electron chi connectivity index (χ4n) is 1.50. The number of rotatable bonds is 0. The van der Waals surface area contributed by atoms with Crippen LogP contribution >= 0.6 is 11.8 Å². The van der Waals surface area contributed by atoms with Gasteiger partial charge in [-0.2, -0.15) is 0 Å². The highest BCUT2D eigenvalue weighted by Crippen LogP contribution is 2.39. The molecule has 0 spiro atoms. The van der Waals surface area contributed by atoms with E-state index in [1.54, 1.807) is 24.2 Å². The molecule has 2 aliphatic heterocycles. The number of fused-ring (bicyclic) bond motifs is 2. The van der Waals surface area contributed by atoms with E-state index in [9.17, 15) is 0 Å². The Balaban J connectivity index is 2.17. The van der Waals surface area contributed by atoms with E-state index in [-0.39, 0.29) is 0 Å². The summed E-state index contributed by atoms with van der Waals surface area (Å²) in [6, 6.07) is 8.16. The molecule has 2 heterocycles. The minimum atomic E-state index is 0.948. The first-order valence-electron chi connectivity index (χ1n) is 4.69. The predicted octanol–water partition coefficient (Wildman–Crippen LogP) is 3.35. The quantitative estimate of drug-likeness (QED) is 0.647. The molecule has 0 unspecified atom stereocenters. The lowest BCUT2D eigenvalue weighted by atomic mass is 10.3. The van der Waals surface area contributed by atoms with E-state index < -0.39 is 0 Å². The van der Waals surface area contributed by atoms with Crippen molar-refractivity contribution in [3.8, 4) is 0 Å². The van der Waals surface area contributed by atoms with Crippen molar-refractivity contribution in [1.82, 2.24) is 0 Å². The Morgan fingerprint density at radius 3 is 3.07 bits per heavy atom. The maximum atomic E-state index is 4.57. The summed E-state index contributed by atoms with van der Waals surface area (Å²) in [6.45, 7) is 0. The van der Waals surface area contributed by atoms with Gasteiger partial charge in [0.15, 0.2) is 0 Å². The summed E-state index contributed by atoms with van der Waals surface area (Å²) in [6.07, 6.45) is 7.57. The van der Waals surface area contributed by atoms with Gasteiger partial charge in [0.2, 0.25) is 0 Å². The lowest BCUT2D eigenvalue weighted by molar-refractivity contribution is 1.37. The van der Waals surface area contributed by atoms with Gasteiger partial charge in [-0.15, -0.1) is 0 Å². The van der Waals surface area contributed by atoms with Gasteiger partial charge in [-0.1, -0.05) is 23.9 Å². The van der Waals surface area contributed by atoms with Gasteiger partial charge < -0.3 is 0 Å². The third-order valence-corrected chi connectivity index (χ3v) is 3.33.